The maximum atomic E-state index is 13.0. The Bertz CT molecular complexity index is 1230. The lowest BCUT2D eigenvalue weighted by atomic mass is 10.0. The molecule has 4 aromatic rings. The van der Waals surface area contributed by atoms with Gasteiger partial charge in [0.25, 0.3) is 5.91 Å². The first kappa shape index (κ1) is 20.6. The average Bonchev–Trinajstić information content (AvgIpc) is 3.33. The monoisotopic (exact) mass is 467 g/mol. The van der Waals surface area contributed by atoms with Crippen LogP contribution in [-0.4, -0.2) is 28.4 Å². The molecule has 4 nitrogen and oxygen atoms in total. The van der Waals surface area contributed by atoms with Crippen LogP contribution in [-0.2, 0) is 13.0 Å². The van der Waals surface area contributed by atoms with Crippen LogP contribution in [0.25, 0.3) is 20.8 Å². The van der Waals surface area contributed by atoms with Crippen LogP contribution in [0.5, 0.6) is 0 Å². The molecule has 0 fully saturated rings. The molecule has 0 aliphatic carbocycles. The number of aromatic nitrogens is 1. The number of nitrogens with zero attached hydrogens (tertiary/aromatic N) is 2. The number of halogens is 1. The van der Waals surface area contributed by atoms with E-state index in [2.05, 4.69) is 30.1 Å². The number of benzene rings is 2. The Morgan fingerprint density at radius 3 is 2.65 bits per heavy atom. The predicted octanol–water partition coefficient (Wildman–Crippen LogP) is 6.70. The summed E-state index contributed by atoms with van der Waals surface area (Å²) in [4.78, 5) is 21.7. The molecular formula is C24H22ClN3OS2. The maximum Gasteiger partial charge on any atom is 0.256 e. The second kappa shape index (κ2) is 8.36. The van der Waals surface area contributed by atoms with Crippen LogP contribution < -0.4 is 5.32 Å². The Labute approximate surface area is 194 Å². The van der Waals surface area contributed by atoms with Crippen molar-refractivity contribution in [1.82, 2.24) is 9.88 Å². The van der Waals surface area contributed by atoms with Gasteiger partial charge in [-0.3, -0.25) is 9.69 Å². The van der Waals surface area contributed by atoms with E-state index >= 15 is 0 Å². The van der Waals surface area contributed by atoms with Crippen LogP contribution in [0.4, 0.5) is 5.00 Å². The molecule has 0 atom stereocenters. The molecule has 3 heterocycles. The van der Waals surface area contributed by atoms with Crippen LogP contribution in [0, 0.1) is 0 Å². The molecule has 0 unspecified atom stereocenters. The number of carbonyl (C=O) groups excluding carboxylic acids is 1. The lowest BCUT2D eigenvalue weighted by molar-refractivity contribution is 0.102. The number of thiazole rings is 1. The zero-order valence-corrected chi connectivity index (χ0v) is 19.7. The van der Waals surface area contributed by atoms with Gasteiger partial charge >= 0.3 is 0 Å². The van der Waals surface area contributed by atoms with Crippen molar-refractivity contribution in [2.45, 2.75) is 32.9 Å². The van der Waals surface area contributed by atoms with E-state index in [0.29, 0.717) is 16.6 Å². The molecule has 0 radical (unpaired) electrons. The molecule has 2 aromatic carbocycles. The zero-order valence-electron chi connectivity index (χ0n) is 17.3. The third kappa shape index (κ3) is 4.01. The third-order valence-electron chi connectivity index (χ3n) is 5.66. The van der Waals surface area contributed by atoms with Crippen LogP contribution in [0.2, 0.25) is 5.02 Å². The molecule has 158 valence electrons. The number of nitrogens with one attached hydrogen (secondary N) is 1. The van der Waals surface area contributed by atoms with Crippen molar-refractivity contribution in [1.29, 1.82) is 0 Å². The summed E-state index contributed by atoms with van der Waals surface area (Å²) in [5, 5.41) is 5.65. The molecule has 1 aliphatic heterocycles. The molecule has 0 bridgehead atoms. The fourth-order valence-electron chi connectivity index (χ4n) is 3.93. The molecule has 7 heteroatoms. The minimum atomic E-state index is -0.127. The van der Waals surface area contributed by atoms with E-state index < -0.39 is 0 Å². The smallest absolute Gasteiger partial charge is 0.256 e. The summed E-state index contributed by atoms with van der Waals surface area (Å²) in [7, 11) is 0. The number of rotatable bonds is 4. The van der Waals surface area contributed by atoms with Gasteiger partial charge in [-0.1, -0.05) is 23.7 Å². The van der Waals surface area contributed by atoms with E-state index in [0.717, 1.165) is 45.3 Å². The van der Waals surface area contributed by atoms with E-state index in [9.17, 15) is 4.79 Å². The van der Waals surface area contributed by atoms with Gasteiger partial charge in [0.05, 0.1) is 10.2 Å². The van der Waals surface area contributed by atoms with E-state index in [1.807, 2.05) is 18.2 Å². The molecule has 1 aliphatic rings. The lowest BCUT2D eigenvalue weighted by Crippen LogP contribution is -2.35. The van der Waals surface area contributed by atoms with Crippen molar-refractivity contribution in [2.75, 3.05) is 11.9 Å². The van der Waals surface area contributed by atoms with Crippen LogP contribution >= 0.6 is 34.3 Å². The van der Waals surface area contributed by atoms with Gasteiger partial charge in [-0.25, -0.2) is 4.98 Å². The first-order valence-electron chi connectivity index (χ1n) is 10.3. The molecule has 2 aromatic heterocycles. The first-order chi connectivity index (χ1) is 15.0. The molecule has 1 N–H and O–H groups in total. The number of hydrogen-bond donors (Lipinski definition) is 1. The van der Waals surface area contributed by atoms with Gasteiger partial charge in [-0.15, -0.1) is 22.7 Å². The first-order valence-corrected chi connectivity index (χ1v) is 12.3. The molecular weight excluding hydrogens is 446 g/mol. The largest absolute Gasteiger partial charge is 0.313 e. The van der Waals surface area contributed by atoms with E-state index in [-0.39, 0.29) is 5.91 Å². The number of thiophene rings is 1. The Balaban J connectivity index is 1.58. The van der Waals surface area contributed by atoms with Gasteiger partial charge in [-0.05, 0) is 62.2 Å². The second-order valence-electron chi connectivity index (χ2n) is 7.97. The van der Waals surface area contributed by atoms with Gasteiger partial charge in [0.2, 0.25) is 0 Å². The molecule has 0 spiro atoms. The highest BCUT2D eigenvalue weighted by Gasteiger charge is 2.28. The van der Waals surface area contributed by atoms with Gasteiger partial charge in [-0.2, -0.15) is 0 Å². The van der Waals surface area contributed by atoms with Gasteiger partial charge in [0, 0.05) is 40.2 Å². The minimum Gasteiger partial charge on any atom is -0.313 e. The van der Waals surface area contributed by atoms with Gasteiger partial charge < -0.3 is 5.32 Å². The molecule has 0 saturated heterocycles. The standard InChI is InChI=1S/C24H22ClN3OS2/c1-14(2)28-12-11-17-20(13-28)31-24(27-22(29)15-7-9-16(25)10-8-15)21(17)23-26-18-5-3-4-6-19(18)30-23/h3-10,14H,11-13H2,1-2H3,(H,27,29). The summed E-state index contributed by atoms with van der Waals surface area (Å²) in [5.41, 5.74) is 4.01. The summed E-state index contributed by atoms with van der Waals surface area (Å²) in [6, 6.07) is 15.7. The number of carbonyl (C=O) groups is 1. The maximum absolute atomic E-state index is 13.0. The van der Waals surface area contributed by atoms with Crippen molar-refractivity contribution >= 4 is 55.4 Å². The van der Waals surface area contributed by atoms with Crippen LogP contribution in [0.15, 0.2) is 48.5 Å². The topological polar surface area (TPSA) is 45.2 Å². The number of anilines is 1. The van der Waals surface area contributed by atoms with Gasteiger partial charge in [0.1, 0.15) is 10.0 Å². The summed E-state index contributed by atoms with van der Waals surface area (Å²) >= 11 is 9.36. The average molecular weight is 468 g/mol. The van der Waals surface area contributed by atoms with E-state index in [1.54, 1.807) is 46.9 Å². The molecule has 1 amide bonds. The highest BCUT2D eigenvalue weighted by Crippen LogP contribution is 2.46. The predicted molar refractivity (Wildman–Crippen MR) is 132 cm³/mol. The number of para-hydroxylation sites is 1. The second-order valence-corrected chi connectivity index (χ2v) is 10.5. The Morgan fingerprint density at radius 2 is 1.90 bits per heavy atom. The summed E-state index contributed by atoms with van der Waals surface area (Å²) < 4.78 is 1.16. The zero-order chi connectivity index (χ0) is 21.5. The van der Waals surface area contributed by atoms with E-state index in [4.69, 9.17) is 16.6 Å². The van der Waals surface area contributed by atoms with Crippen molar-refractivity contribution in [3.63, 3.8) is 0 Å². The highest BCUT2D eigenvalue weighted by atomic mass is 35.5. The SMILES string of the molecule is CC(C)N1CCc2c(sc(NC(=O)c3ccc(Cl)cc3)c2-c2nc3ccccc3s2)C1. The number of amides is 1. The Hall–Kier alpha value is -2.25. The minimum absolute atomic E-state index is 0.127. The highest BCUT2D eigenvalue weighted by molar-refractivity contribution is 7.23. The van der Waals surface area contributed by atoms with Gasteiger partial charge in [0.15, 0.2) is 0 Å². The Kier molecular flexibility index (Phi) is 5.56. The molecule has 0 saturated carbocycles. The summed E-state index contributed by atoms with van der Waals surface area (Å²) in [6.07, 6.45) is 0.964. The summed E-state index contributed by atoms with van der Waals surface area (Å²) in [6.45, 7) is 6.39. The van der Waals surface area contributed by atoms with Crippen LogP contribution in [0.3, 0.4) is 0 Å². The quantitative estimate of drug-likeness (QED) is 0.363. The molecule has 31 heavy (non-hydrogen) atoms. The number of fused-ring (bicyclic) bond motifs is 2. The fraction of sp³-hybridized carbons (Fsp3) is 0.250. The molecule has 5 rings (SSSR count). The Morgan fingerprint density at radius 1 is 1.13 bits per heavy atom. The van der Waals surface area contributed by atoms with Crippen molar-refractivity contribution < 1.29 is 4.79 Å². The fourth-order valence-corrected chi connectivity index (χ4v) is 6.44. The summed E-state index contributed by atoms with van der Waals surface area (Å²) in [5.74, 6) is -0.127. The van der Waals surface area contributed by atoms with Crippen molar-refractivity contribution in [3.05, 3.63) is 69.6 Å². The van der Waals surface area contributed by atoms with Crippen molar-refractivity contribution in [2.24, 2.45) is 0 Å². The van der Waals surface area contributed by atoms with E-state index in [1.165, 1.54) is 10.4 Å². The number of hydrogen-bond acceptors (Lipinski definition) is 5. The third-order valence-corrected chi connectivity index (χ3v) is 8.10. The lowest BCUT2D eigenvalue weighted by Gasteiger charge is -2.30. The van der Waals surface area contributed by atoms with Crippen LogP contribution in [0.1, 0.15) is 34.6 Å². The normalized spacial score (nSPS) is 14.2. The van der Waals surface area contributed by atoms with Crippen molar-refractivity contribution in [3.8, 4) is 10.6 Å².